The molecule has 22 heavy (non-hydrogen) atoms. The fourth-order valence-electron chi connectivity index (χ4n) is 3.24. The van der Waals surface area contributed by atoms with Gasteiger partial charge in [0.1, 0.15) is 5.75 Å². The van der Waals surface area contributed by atoms with Crippen molar-refractivity contribution in [1.29, 1.82) is 0 Å². The zero-order valence-corrected chi connectivity index (χ0v) is 12.7. The minimum Gasteiger partial charge on any atom is -0.508 e. The number of aromatic hydroxyl groups is 1. The number of amides is 2. The Morgan fingerprint density at radius 3 is 2.27 bits per heavy atom. The minimum absolute atomic E-state index is 0.0504. The summed E-state index contributed by atoms with van der Waals surface area (Å²) in [5, 5.41) is 9.34. The molecule has 2 amide bonds. The van der Waals surface area contributed by atoms with Crippen molar-refractivity contribution < 1.29 is 14.7 Å². The van der Waals surface area contributed by atoms with Crippen molar-refractivity contribution in [2.24, 2.45) is 0 Å². The van der Waals surface area contributed by atoms with Gasteiger partial charge in [0.05, 0.1) is 12.5 Å². The lowest BCUT2D eigenvalue weighted by atomic mass is 10.1. The van der Waals surface area contributed by atoms with Crippen LogP contribution in [-0.4, -0.2) is 65.5 Å². The van der Waals surface area contributed by atoms with Gasteiger partial charge in [-0.1, -0.05) is 0 Å². The Hall–Kier alpha value is -2.08. The summed E-state index contributed by atoms with van der Waals surface area (Å²) in [6.45, 7) is 5.45. The molecule has 0 aliphatic carbocycles. The predicted molar refractivity (Wildman–Crippen MR) is 82.7 cm³/mol. The van der Waals surface area contributed by atoms with Crippen molar-refractivity contribution in [2.75, 3.05) is 37.6 Å². The molecule has 2 aliphatic rings. The third kappa shape index (κ3) is 2.66. The topological polar surface area (TPSA) is 64.1 Å². The van der Waals surface area contributed by atoms with Crippen LogP contribution in [-0.2, 0) is 9.59 Å². The van der Waals surface area contributed by atoms with Crippen molar-refractivity contribution in [1.82, 2.24) is 9.80 Å². The van der Waals surface area contributed by atoms with Crippen LogP contribution < -0.4 is 4.90 Å². The van der Waals surface area contributed by atoms with E-state index in [4.69, 9.17) is 0 Å². The van der Waals surface area contributed by atoms with Gasteiger partial charge in [-0.15, -0.1) is 0 Å². The Morgan fingerprint density at radius 2 is 1.73 bits per heavy atom. The summed E-state index contributed by atoms with van der Waals surface area (Å²) in [6, 6.07) is 6.87. The van der Waals surface area contributed by atoms with E-state index in [-0.39, 0.29) is 23.6 Å². The number of piperazine rings is 1. The number of hydrogen-bond donors (Lipinski definition) is 1. The lowest BCUT2D eigenvalue weighted by Gasteiger charge is -2.38. The van der Waals surface area contributed by atoms with E-state index in [1.807, 2.05) is 19.1 Å². The highest BCUT2D eigenvalue weighted by atomic mass is 16.3. The first-order chi connectivity index (χ1) is 10.6. The zero-order chi connectivity index (χ0) is 15.7. The molecule has 6 heteroatoms. The van der Waals surface area contributed by atoms with Crippen molar-refractivity contribution in [2.45, 2.75) is 19.4 Å². The molecule has 2 heterocycles. The van der Waals surface area contributed by atoms with E-state index in [1.165, 1.54) is 4.90 Å². The Kier molecular flexibility index (Phi) is 4.02. The first-order valence-electron chi connectivity index (χ1n) is 7.72. The molecule has 0 spiro atoms. The average Bonchev–Trinajstić information content (AvgIpc) is 2.82. The molecule has 0 aromatic heterocycles. The lowest BCUT2D eigenvalue weighted by Crippen LogP contribution is -2.52. The van der Waals surface area contributed by atoms with Gasteiger partial charge in [-0.05, 0) is 31.2 Å². The van der Waals surface area contributed by atoms with E-state index in [2.05, 4.69) is 9.80 Å². The van der Waals surface area contributed by atoms with Crippen LogP contribution in [0.5, 0.6) is 5.75 Å². The van der Waals surface area contributed by atoms with Gasteiger partial charge in [0.25, 0.3) is 0 Å². The molecular weight excluding hydrogens is 282 g/mol. The van der Waals surface area contributed by atoms with Crippen molar-refractivity contribution in [3.8, 4) is 5.75 Å². The van der Waals surface area contributed by atoms with Gasteiger partial charge >= 0.3 is 0 Å². The van der Waals surface area contributed by atoms with Gasteiger partial charge in [-0.2, -0.15) is 0 Å². The maximum Gasteiger partial charge on any atom is 0.247 e. The molecule has 1 aromatic carbocycles. The molecule has 1 atom stereocenters. The first kappa shape index (κ1) is 14.8. The number of hydrogen-bond acceptors (Lipinski definition) is 5. The van der Waals surface area contributed by atoms with Crippen molar-refractivity contribution in [3.05, 3.63) is 24.3 Å². The summed E-state index contributed by atoms with van der Waals surface area (Å²) in [7, 11) is 0. The van der Waals surface area contributed by atoms with Crippen molar-refractivity contribution in [3.63, 3.8) is 0 Å². The average molecular weight is 303 g/mol. The number of likely N-dealkylation sites (tertiary alicyclic amines) is 1. The largest absolute Gasteiger partial charge is 0.508 e. The van der Waals surface area contributed by atoms with Crippen molar-refractivity contribution >= 4 is 17.5 Å². The number of carbonyl (C=O) groups excluding carboxylic acids is 2. The van der Waals surface area contributed by atoms with E-state index in [0.717, 1.165) is 31.9 Å². The number of rotatable bonds is 3. The number of anilines is 1. The third-order valence-corrected chi connectivity index (χ3v) is 4.51. The van der Waals surface area contributed by atoms with Crippen LogP contribution in [0.2, 0.25) is 0 Å². The summed E-state index contributed by atoms with van der Waals surface area (Å²) in [6.07, 6.45) is 0.311. The summed E-state index contributed by atoms with van der Waals surface area (Å²) in [5.74, 6) is 0.154. The summed E-state index contributed by atoms with van der Waals surface area (Å²) in [5.41, 5.74) is 1.07. The molecule has 0 bridgehead atoms. The second-order valence-electron chi connectivity index (χ2n) is 5.74. The second-order valence-corrected chi connectivity index (χ2v) is 5.74. The molecule has 0 radical (unpaired) electrons. The van der Waals surface area contributed by atoms with Crippen LogP contribution in [0.3, 0.4) is 0 Å². The van der Waals surface area contributed by atoms with E-state index in [9.17, 15) is 14.7 Å². The Balaban J connectivity index is 1.61. The van der Waals surface area contributed by atoms with E-state index >= 15 is 0 Å². The molecule has 2 aliphatic heterocycles. The predicted octanol–water partition coefficient (Wildman–Crippen LogP) is 0.662. The standard InChI is InChI=1S/C16H21N3O3/c1-2-19-15(21)11-14(16(19)22)18-9-7-17(8-10-18)12-3-5-13(20)6-4-12/h3-6,14,20H,2,7-11H2,1H3/t14-/m1/s1. The van der Waals surface area contributed by atoms with Gasteiger partial charge in [0.15, 0.2) is 0 Å². The highest BCUT2D eigenvalue weighted by Crippen LogP contribution is 2.23. The number of phenolic OH excluding ortho intramolecular Hbond substituents is 1. The summed E-state index contributed by atoms with van der Waals surface area (Å²) < 4.78 is 0. The quantitative estimate of drug-likeness (QED) is 0.831. The van der Waals surface area contributed by atoms with Gasteiger partial charge in [0.2, 0.25) is 11.8 Å². The zero-order valence-electron chi connectivity index (χ0n) is 12.7. The molecular formula is C16H21N3O3. The summed E-state index contributed by atoms with van der Waals surface area (Å²) in [4.78, 5) is 29.8. The monoisotopic (exact) mass is 303 g/mol. The highest BCUT2D eigenvalue weighted by molar-refractivity contribution is 6.05. The van der Waals surface area contributed by atoms with Gasteiger partial charge in [-0.3, -0.25) is 19.4 Å². The molecule has 3 rings (SSSR count). The first-order valence-corrected chi connectivity index (χ1v) is 7.72. The van der Waals surface area contributed by atoms with Crippen LogP contribution in [0.15, 0.2) is 24.3 Å². The van der Waals surface area contributed by atoms with Crippen LogP contribution in [0.1, 0.15) is 13.3 Å². The fraction of sp³-hybridized carbons (Fsp3) is 0.500. The molecule has 1 N–H and O–H groups in total. The molecule has 118 valence electrons. The van der Waals surface area contributed by atoms with E-state index < -0.39 is 0 Å². The lowest BCUT2D eigenvalue weighted by molar-refractivity contribution is -0.139. The number of likely N-dealkylation sites (N-methyl/N-ethyl adjacent to an activating group) is 1. The second kappa shape index (κ2) is 5.96. The minimum atomic E-state index is -0.283. The van der Waals surface area contributed by atoms with E-state index in [1.54, 1.807) is 12.1 Å². The molecule has 1 aromatic rings. The molecule has 0 unspecified atom stereocenters. The van der Waals surface area contributed by atoms with E-state index in [0.29, 0.717) is 13.0 Å². The molecule has 2 saturated heterocycles. The van der Waals surface area contributed by atoms with Gasteiger partial charge in [0, 0.05) is 38.4 Å². The Bertz CT molecular complexity index is 565. The van der Waals surface area contributed by atoms with Gasteiger partial charge < -0.3 is 10.0 Å². The van der Waals surface area contributed by atoms with Crippen LogP contribution in [0, 0.1) is 0 Å². The smallest absolute Gasteiger partial charge is 0.247 e. The normalized spacial score (nSPS) is 23.4. The molecule has 2 fully saturated rings. The third-order valence-electron chi connectivity index (χ3n) is 4.51. The maximum absolute atomic E-state index is 12.3. The Morgan fingerprint density at radius 1 is 1.09 bits per heavy atom. The SMILES string of the molecule is CCN1C(=O)C[C@@H](N2CCN(c3ccc(O)cc3)CC2)C1=O. The number of imide groups is 1. The van der Waals surface area contributed by atoms with Crippen LogP contribution >= 0.6 is 0 Å². The van der Waals surface area contributed by atoms with Crippen LogP contribution in [0.25, 0.3) is 0 Å². The maximum atomic E-state index is 12.3. The number of nitrogens with zero attached hydrogens (tertiary/aromatic N) is 3. The summed E-state index contributed by atoms with van der Waals surface area (Å²) >= 11 is 0. The van der Waals surface area contributed by atoms with Gasteiger partial charge in [-0.25, -0.2) is 0 Å². The Labute approximate surface area is 129 Å². The molecule has 6 nitrogen and oxygen atoms in total. The highest BCUT2D eigenvalue weighted by Gasteiger charge is 2.41. The number of carbonyl (C=O) groups is 2. The fourth-order valence-corrected chi connectivity index (χ4v) is 3.24. The molecule has 0 saturated carbocycles. The van der Waals surface area contributed by atoms with Crippen LogP contribution in [0.4, 0.5) is 5.69 Å². The number of benzene rings is 1. The number of phenols is 1.